The average molecular weight is 334 g/mol. The average Bonchev–Trinajstić information content (AvgIpc) is 3.12. The van der Waals surface area contributed by atoms with Crippen molar-refractivity contribution < 1.29 is 19.1 Å². The fourth-order valence-electron chi connectivity index (χ4n) is 1.74. The minimum atomic E-state index is -0.244. The van der Waals surface area contributed by atoms with Crippen molar-refractivity contribution in [3.63, 3.8) is 0 Å². The normalized spacial score (nSPS) is 9.96. The fourth-order valence-corrected chi connectivity index (χ4v) is 2.38. The highest BCUT2D eigenvalue weighted by Crippen LogP contribution is 2.16. The molecule has 2 rings (SSSR count). The SMILES string of the molecule is COc1ccc(OCC(=O)NCCNC(=O)c2cccs2)cc1. The third-order valence-electron chi connectivity index (χ3n) is 2.91. The van der Waals surface area contributed by atoms with Crippen LogP contribution in [-0.2, 0) is 4.79 Å². The van der Waals surface area contributed by atoms with E-state index < -0.39 is 0 Å². The van der Waals surface area contributed by atoms with Crippen LogP contribution in [0.4, 0.5) is 0 Å². The van der Waals surface area contributed by atoms with Crippen molar-refractivity contribution in [1.82, 2.24) is 10.6 Å². The van der Waals surface area contributed by atoms with E-state index in [0.717, 1.165) is 5.75 Å². The summed E-state index contributed by atoms with van der Waals surface area (Å²) in [6, 6.07) is 10.5. The standard InChI is InChI=1S/C16H18N2O4S/c1-21-12-4-6-13(7-5-12)22-11-15(19)17-8-9-18-16(20)14-3-2-10-23-14/h2-7,10H,8-9,11H2,1H3,(H,17,19)(H,18,20). The molecule has 0 unspecified atom stereocenters. The van der Waals surface area contributed by atoms with Crippen molar-refractivity contribution in [2.24, 2.45) is 0 Å². The Hall–Kier alpha value is -2.54. The van der Waals surface area contributed by atoms with Crippen molar-refractivity contribution in [3.8, 4) is 11.5 Å². The largest absolute Gasteiger partial charge is 0.497 e. The molecule has 23 heavy (non-hydrogen) atoms. The second kappa shape index (κ2) is 8.79. The van der Waals surface area contributed by atoms with E-state index in [2.05, 4.69) is 10.6 Å². The third-order valence-corrected chi connectivity index (χ3v) is 3.78. The zero-order chi connectivity index (χ0) is 16.5. The summed E-state index contributed by atoms with van der Waals surface area (Å²) in [6.45, 7) is 0.637. The minimum absolute atomic E-state index is 0.0782. The lowest BCUT2D eigenvalue weighted by molar-refractivity contribution is -0.123. The summed E-state index contributed by atoms with van der Waals surface area (Å²) in [5, 5.41) is 7.25. The number of hydrogen-bond acceptors (Lipinski definition) is 5. The van der Waals surface area contributed by atoms with Gasteiger partial charge in [0, 0.05) is 13.1 Å². The van der Waals surface area contributed by atoms with Crippen molar-refractivity contribution in [3.05, 3.63) is 46.7 Å². The van der Waals surface area contributed by atoms with Gasteiger partial charge in [0.25, 0.3) is 11.8 Å². The maximum Gasteiger partial charge on any atom is 0.261 e. The van der Waals surface area contributed by atoms with E-state index in [9.17, 15) is 9.59 Å². The van der Waals surface area contributed by atoms with Crippen LogP contribution in [0, 0.1) is 0 Å². The third kappa shape index (κ3) is 5.63. The molecule has 1 heterocycles. The number of carbonyl (C=O) groups is 2. The number of ether oxygens (including phenoxy) is 2. The van der Waals surface area contributed by atoms with Crippen LogP contribution in [0.3, 0.4) is 0 Å². The highest BCUT2D eigenvalue weighted by atomic mass is 32.1. The highest BCUT2D eigenvalue weighted by molar-refractivity contribution is 7.12. The molecule has 0 saturated carbocycles. The maximum atomic E-state index is 11.7. The summed E-state index contributed by atoms with van der Waals surface area (Å²) in [5.74, 6) is 0.935. The smallest absolute Gasteiger partial charge is 0.261 e. The number of methoxy groups -OCH3 is 1. The van der Waals surface area contributed by atoms with E-state index >= 15 is 0 Å². The first-order valence-electron chi connectivity index (χ1n) is 7.04. The van der Waals surface area contributed by atoms with Crippen LogP contribution in [0.15, 0.2) is 41.8 Å². The Morgan fingerprint density at radius 3 is 2.39 bits per heavy atom. The fraction of sp³-hybridized carbons (Fsp3) is 0.250. The van der Waals surface area contributed by atoms with Crippen LogP contribution in [0.2, 0.25) is 0 Å². The summed E-state index contributed by atoms with van der Waals surface area (Å²) in [5.41, 5.74) is 0. The van der Waals surface area contributed by atoms with Gasteiger partial charge in [0.05, 0.1) is 12.0 Å². The predicted molar refractivity (Wildman–Crippen MR) is 88.2 cm³/mol. The number of amides is 2. The summed E-state index contributed by atoms with van der Waals surface area (Å²) < 4.78 is 10.4. The van der Waals surface area contributed by atoms with Gasteiger partial charge in [-0.15, -0.1) is 11.3 Å². The van der Waals surface area contributed by atoms with E-state index in [-0.39, 0.29) is 18.4 Å². The van der Waals surface area contributed by atoms with Gasteiger partial charge in [-0.2, -0.15) is 0 Å². The topological polar surface area (TPSA) is 76.7 Å². The van der Waals surface area contributed by atoms with Crippen molar-refractivity contribution in [2.45, 2.75) is 0 Å². The van der Waals surface area contributed by atoms with Crippen molar-refractivity contribution in [2.75, 3.05) is 26.8 Å². The molecule has 0 bridgehead atoms. The summed E-state index contributed by atoms with van der Waals surface area (Å²) in [4.78, 5) is 24.0. The number of rotatable bonds is 8. The van der Waals surface area contributed by atoms with Gasteiger partial charge in [0.1, 0.15) is 11.5 Å². The van der Waals surface area contributed by atoms with E-state index in [0.29, 0.717) is 23.7 Å². The van der Waals surface area contributed by atoms with E-state index in [1.165, 1.54) is 11.3 Å². The second-order valence-electron chi connectivity index (χ2n) is 4.55. The van der Waals surface area contributed by atoms with Crippen LogP contribution < -0.4 is 20.1 Å². The molecule has 0 spiro atoms. The summed E-state index contributed by atoms with van der Waals surface area (Å²) in [7, 11) is 1.58. The maximum absolute atomic E-state index is 11.7. The molecule has 0 aliphatic carbocycles. The van der Waals surface area contributed by atoms with E-state index in [4.69, 9.17) is 9.47 Å². The summed E-state index contributed by atoms with van der Waals surface area (Å²) in [6.07, 6.45) is 0. The molecule has 0 saturated heterocycles. The Morgan fingerprint density at radius 1 is 1.04 bits per heavy atom. The molecule has 2 N–H and O–H groups in total. The Bertz CT molecular complexity index is 626. The van der Waals surface area contributed by atoms with Gasteiger partial charge in [0.2, 0.25) is 0 Å². The zero-order valence-electron chi connectivity index (χ0n) is 12.7. The molecule has 2 aromatic rings. The van der Waals surface area contributed by atoms with E-state index in [1.54, 1.807) is 37.4 Å². The van der Waals surface area contributed by atoms with Gasteiger partial charge in [0.15, 0.2) is 6.61 Å². The van der Waals surface area contributed by atoms with Crippen LogP contribution >= 0.6 is 11.3 Å². The molecule has 0 radical (unpaired) electrons. The van der Waals surface area contributed by atoms with Crippen LogP contribution in [0.5, 0.6) is 11.5 Å². The molecule has 0 atom stereocenters. The number of hydrogen-bond donors (Lipinski definition) is 2. The summed E-state index contributed by atoms with van der Waals surface area (Å²) >= 11 is 1.38. The van der Waals surface area contributed by atoms with Gasteiger partial charge in [-0.3, -0.25) is 9.59 Å². The molecule has 6 nitrogen and oxygen atoms in total. The monoisotopic (exact) mass is 334 g/mol. The Morgan fingerprint density at radius 2 is 1.74 bits per heavy atom. The zero-order valence-corrected chi connectivity index (χ0v) is 13.5. The second-order valence-corrected chi connectivity index (χ2v) is 5.50. The molecular formula is C16H18N2O4S. The molecular weight excluding hydrogens is 316 g/mol. The van der Waals surface area contributed by atoms with Gasteiger partial charge < -0.3 is 20.1 Å². The van der Waals surface area contributed by atoms with Gasteiger partial charge >= 0.3 is 0 Å². The first-order valence-corrected chi connectivity index (χ1v) is 7.92. The van der Waals surface area contributed by atoms with E-state index in [1.807, 2.05) is 11.4 Å². The Labute approximate surface area is 138 Å². The predicted octanol–water partition coefficient (Wildman–Crippen LogP) is 1.68. The van der Waals surface area contributed by atoms with Crippen LogP contribution in [0.25, 0.3) is 0 Å². The highest BCUT2D eigenvalue weighted by Gasteiger charge is 2.06. The molecule has 2 amide bonds. The number of thiophene rings is 1. The minimum Gasteiger partial charge on any atom is -0.497 e. The van der Waals surface area contributed by atoms with Gasteiger partial charge in [-0.1, -0.05) is 6.07 Å². The first kappa shape index (κ1) is 16.8. The molecule has 7 heteroatoms. The van der Waals surface area contributed by atoms with Crippen LogP contribution in [-0.4, -0.2) is 38.6 Å². The number of carbonyl (C=O) groups excluding carboxylic acids is 2. The molecule has 122 valence electrons. The Kier molecular flexibility index (Phi) is 6.43. The molecule has 0 aliphatic heterocycles. The molecule has 0 aliphatic rings. The van der Waals surface area contributed by atoms with Gasteiger partial charge in [-0.05, 0) is 35.7 Å². The molecule has 1 aromatic heterocycles. The lowest BCUT2D eigenvalue weighted by Crippen LogP contribution is -2.36. The number of nitrogens with one attached hydrogen (secondary N) is 2. The van der Waals surface area contributed by atoms with Gasteiger partial charge in [-0.25, -0.2) is 0 Å². The lowest BCUT2D eigenvalue weighted by Gasteiger charge is -2.08. The molecule has 0 fully saturated rings. The van der Waals surface area contributed by atoms with Crippen molar-refractivity contribution >= 4 is 23.2 Å². The first-order chi connectivity index (χ1) is 11.2. The quantitative estimate of drug-likeness (QED) is 0.720. The van der Waals surface area contributed by atoms with Crippen LogP contribution in [0.1, 0.15) is 9.67 Å². The lowest BCUT2D eigenvalue weighted by atomic mass is 10.3. The number of benzene rings is 1. The van der Waals surface area contributed by atoms with Crippen molar-refractivity contribution in [1.29, 1.82) is 0 Å². The Balaban J connectivity index is 1.60. The molecule has 1 aromatic carbocycles.